The van der Waals surface area contributed by atoms with Crippen LogP contribution in [0, 0.1) is 0 Å². The van der Waals surface area contributed by atoms with Crippen LogP contribution in [0.5, 0.6) is 0 Å². The van der Waals surface area contributed by atoms with Crippen LogP contribution in [0.4, 0.5) is 0 Å². The van der Waals surface area contributed by atoms with Crippen molar-refractivity contribution in [3.63, 3.8) is 0 Å². The van der Waals surface area contributed by atoms with Crippen LogP contribution in [0.2, 0.25) is 5.02 Å². The lowest BCUT2D eigenvalue weighted by molar-refractivity contribution is 0.107. The van der Waals surface area contributed by atoms with E-state index in [1.165, 1.54) is 18.4 Å². The lowest BCUT2D eigenvalue weighted by Gasteiger charge is -2.20. The van der Waals surface area contributed by atoms with Gasteiger partial charge in [0.25, 0.3) is 0 Å². The van der Waals surface area contributed by atoms with E-state index in [-0.39, 0.29) is 0 Å². The first kappa shape index (κ1) is 12.9. The molecule has 0 spiro atoms. The molecule has 2 atom stereocenters. The first-order valence-electron chi connectivity index (χ1n) is 6.40. The maximum Gasteiger partial charge on any atom is 0.0700 e. The van der Waals surface area contributed by atoms with Crippen molar-refractivity contribution in [1.29, 1.82) is 0 Å². The summed E-state index contributed by atoms with van der Waals surface area (Å²) in [4.78, 5) is 0. The minimum atomic E-state index is 0.373. The molecule has 1 aliphatic rings. The van der Waals surface area contributed by atoms with Gasteiger partial charge in [-0.3, -0.25) is 0 Å². The number of benzene rings is 1. The van der Waals surface area contributed by atoms with Gasteiger partial charge in [0.15, 0.2) is 0 Å². The molecule has 94 valence electrons. The van der Waals surface area contributed by atoms with Crippen LogP contribution in [0.25, 0.3) is 0 Å². The van der Waals surface area contributed by atoms with Crippen molar-refractivity contribution in [1.82, 2.24) is 5.32 Å². The summed E-state index contributed by atoms with van der Waals surface area (Å²) >= 11 is 6.02. The molecule has 17 heavy (non-hydrogen) atoms. The van der Waals surface area contributed by atoms with Gasteiger partial charge in [0.1, 0.15) is 0 Å². The van der Waals surface area contributed by atoms with E-state index < -0.39 is 0 Å². The molecule has 2 unspecified atom stereocenters. The van der Waals surface area contributed by atoms with Crippen molar-refractivity contribution < 1.29 is 4.74 Å². The molecule has 1 heterocycles. The minimum Gasteiger partial charge on any atom is -0.377 e. The Kier molecular flexibility index (Phi) is 4.84. The molecule has 1 aromatic rings. The molecule has 0 radical (unpaired) electrons. The molecule has 0 saturated carbocycles. The second-order valence-electron chi connectivity index (χ2n) is 4.56. The Hall–Kier alpha value is -0.570. The van der Waals surface area contributed by atoms with Gasteiger partial charge in [0.2, 0.25) is 0 Å². The maximum atomic E-state index is 6.02. The van der Waals surface area contributed by atoms with E-state index in [1.54, 1.807) is 0 Å². The summed E-state index contributed by atoms with van der Waals surface area (Å²) in [6, 6.07) is 8.46. The van der Waals surface area contributed by atoms with Crippen molar-refractivity contribution in [2.75, 3.05) is 13.2 Å². The highest BCUT2D eigenvalue weighted by Gasteiger charge is 2.17. The number of hydrogen-bond donors (Lipinski definition) is 1. The topological polar surface area (TPSA) is 21.3 Å². The van der Waals surface area contributed by atoms with Crippen LogP contribution in [-0.4, -0.2) is 19.3 Å². The third-order valence-corrected chi connectivity index (χ3v) is 3.51. The van der Waals surface area contributed by atoms with Crippen LogP contribution < -0.4 is 5.32 Å². The fourth-order valence-corrected chi connectivity index (χ4v) is 2.50. The minimum absolute atomic E-state index is 0.373. The summed E-state index contributed by atoms with van der Waals surface area (Å²) in [6.45, 7) is 4.04. The van der Waals surface area contributed by atoms with Gasteiger partial charge in [-0.25, -0.2) is 0 Å². The second kappa shape index (κ2) is 6.39. The molecule has 1 fully saturated rings. The first-order valence-corrected chi connectivity index (χ1v) is 6.78. The van der Waals surface area contributed by atoms with Crippen molar-refractivity contribution in [2.45, 2.75) is 38.3 Å². The molecule has 1 aliphatic heterocycles. The molecule has 3 heteroatoms. The van der Waals surface area contributed by atoms with Gasteiger partial charge in [-0.15, -0.1) is 0 Å². The Labute approximate surface area is 108 Å². The predicted molar refractivity (Wildman–Crippen MR) is 71.5 cm³/mol. The van der Waals surface area contributed by atoms with E-state index in [2.05, 4.69) is 18.3 Å². The zero-order valence-corrected chi connectivity index (χ0v) is 11.0. The van der Waals surface area contributed by atoms with E-state index in [9.17, 15) is 0 Å². The largest absolute Gasteiger partial charge is 0.377 e. The van der Waals surface area contributed by atoms with Crippen LogP contribution in [0.3, 0.4) is 0 Å². The molecular weight excluding hydrogens is 234 g/mol. The van der Waals surface area contributed by atoms with Crippen molar-refractivity contribution in [2.24, 2.45) is 0 Å². The smallest absolute Gasteiger partial charge is 0.0700 e. The summed E-state index contributed by atoms with van der Waals surface area (Å²) < 4.78 is 5.62. The fraction of sp³-hybridized carbons (Fsp3) is 0.571. The normalized spacial score (nSPS) is 21.6. The molecule has 2 nitrogen and oxygen atoms in total. The van der Waals surface area contributed by atoms with Crippen LogP contribution in [-0.2, 0) is 4.74 Å². The summed E-state index contributed by atoms with van der Waals surface area (Å²) in [6.07, 6.45) is 3.83. The summed E-state index contributed by atoms with van der Waals surface area (Å²) in [5.41, 5.74) is 1.26. The summed E-state index contributed by atoms with van der Waals surface area (Å²) in [7, 11) is 0. The lowest BCUT2D eigenvalue weighted by atomic mass is 10.0. The molecule has 0 amide bonds. The quantitative estimate of drug-likeness (QED) is 0.866. The Morgan fingerprint density at radius 1 is 1.53 bits per heavy atom. The maximum absolute atomic E-state index is 6.02. The molecule has 1 N–H and O–H groups in total. The highest BCUT2D eigenvalue weighted by atomic mass is 35.5. The molecule has 1 aromatic carbocycles. The Morgan fingerprint density at radius 2 is 2.41 bits per heavy atom. The van der Waals surface area contributed by atoms with Crippen molar-refractivity contribution in [3.05, 3.63) is 34.9 Å². The van der Waals surface area contributed by atoms with E-state index in [4.69, 9.17) is 16.3 Å². The van der Waals surface area contributed by atoms with Gasteiger partial charge in [-0.1, -0.05) is 30.7 Å². The van der Waals surface area contributed by atoms with Crippen molar-refractivity contribution >= 4 is 11.6 Å². The lowest BCUT2D eigenvalue weighted by Crippen LogP contribution is -2.29. The summed E-state index contributed by atoms with van der Waals surface area (Å²) in [5, 5.41) is 4.38. The standard InChI is InChI=1S/C14H20ClNO/c1-2-14(11-5-3-6-12(15)9-11)16-10-13-7-4-8-17-13/h3,5-6,9,13-14,16H,2,4,7-8,10H2,1H3. The van der Waals surface area contributed by atoms with Gasteiger partial charge < -0.3 is 10.1 Å². The number of ether oxygens (including phenoxy) is 1. The average Bonchev–Trinajstić information content (AvgIpc) is 2.83. The fourth-order valence-electron chi connectivity index (χ4n) is 2.30. The molecule has 2 rings (SSSR count). The predicted octanol–water partition coefficient (Wildman–Crippen LogP) is 3.56. The van der Waals surface area contributed by atoms with Gasteiger partial charge in [-0.05, 0) is 37.0 Å². The van der Waals surface area contributed by atoms with Gasteiger partial charge >= 0.3 is 0 Å². The van der Waals surface area contributed by atoms with E-state index in [0.29, 0.717) is 12.1 Å². The van der Waals surface area contributed by atoms with Crippen LogP contribution in [0.1, 0.15) is 37.8 Å². The number of hydrogen-bond acceptors (Lipinski definition) is 2. The Morgan fingerprint density at radius 3 is 3.06 bits per heavy atom. The third-order valence-electron chi connectivity index (χ3n) is 3.28. The van der Waals surface area contributed by atoms with Crippen LogP contribution >= 0.6 is 11.6 Å². The average molecular weight is 254 g/mol. The van der Waals surface area contributed by atoms with E-state index in [0.717, 1.165) is 24.6 Å². The molecule has 0 bridgehead atoms. The van der Waals surface area contributed by atoms with Gasteiger partial charge in [-0.2, -0.15) is 0 Å². The molecule has 0 aliphatic carbocycles. The number of halogens is 1. The Bertz CT molecular complexity index is 350. The molecule has 1 saturated heterocycles. The Balaban J connectivity index is 1.91. The van der Waals surface area contributed by atoms with Gasteiger partial charge in [0, 0.05) is 24.2 Å². The first-order chi connectivity index (χ1) is 8.29. The zero-order valence-electron chi connectivity index (χ0n) is 10.3. The highest BCUT2D eigenvalue weighted by molar-refractivity contribution is 6.30. The van der Waals surface area contributed by atoms with Gasteiger partial charge in [0.05, 0.1) is 6.10 Å². The van der Waals surface area contributed by atoms with Crippen LogP contribution in [0.15, 0.2) is 24.3 Å². The summed E-state index contributed by atoms with van der Waals surface area (Å²) in [5.74, 6) is 0. The SMILES string of the molecule is CCC(NCC1CCCO1)c1cccc(Cl)c1. The molecular formula is C14H20ClNO. The second-order valence-corrected chi connectivity index (χ2v) is 5.00. The highest BCUT2D eigenvalue weighted by Crippen LogP contribution is 2.21. The number of rotatable bonds is 5. The van der Waals surface area contributed by atoms with Crippen molar-refractivity contribution in [3.8, 4) is 0 Å². The van der Waals surface area contributed by atoms with E-state index in [1.807, 2.05) is 18.2 Å². The zero-order chi connectivity index (χ0) is 12.1. The molecule has 0 aromatic heterocycles. The monoisotopic (exact) mass is 253 g/mol. The number of nitrogens with one attached hydrogen (secondary N) is 1. The third kappa shape index (κ3) is 3.70. The van der Waals surface area contributed by atoms with E-state index >= 15 is 0 Å².